The molecule has 1 saturated carbocycles. The maximum Gasteiger partial charge on any atom is 0.306 e. The summed E-state index contributed by atoms with van der Waals surface area (Å²) in [5.74, 6) is -0.674. The standard InChI is InChI=1S/C39H46Cl2N8O5/c1-22(50)18-48-16-14-31-29(20-48)42-35(46(31)2)37(51)44-27-8-4-6-25(33(27)40)26-7-5-9-28(34(26)41)45-38(52)36-43-30-21-49(17-15-32(30)47(36)3)19-23-10-12-24(13-11-23)39(53)54/h4-9,22-24,50H,10-21H2,1-3H3,(H,44,51)(H,45,52)(H,53,54)/t22-,23?,24?/m1/s1. The molecule has 2 aromatic heterocycles. The summed E-state index contributed by atoms with van der Waals surface area (Å²) in [6, 6.07) is 10.6. The molecule has 1 atom stereocenters. The van der Waals surface area contributed by atoms with Crippen molar-refractivity contribution in [2.24, 2.45) is 25.9 Å². The maximum atomic E-state index is 13.7. The number of nitrogens with one attached hydrogen (secondary N) is 2. The Morgan fingerprint density at radius 3 is 1.76 bits per heavy atom. The van der Waals surface area contributed by atoms with Gasteiger partial charge in [0, 0.05) is 88.7 Å². The van der Waals surface area contributed by atoms with Crippen molar-refractivity contribution in [3.63, 3.8) is 0 Å². The van der Waals surface area contributed by atoms with Crippen molar-refractivity contribution in [1.82, 2.24) is 28.9 Å². The topological polar surface area (TPSA) is 158 Å². The molecule has 1 aliphatic carbocycles. The number of hydrogen-bond donors (Lipinski definition) is 4. The Morgan fingerprint density at radius 1 is 0.796 bits per heavy atom. The molecule has 13 nitrogen and oxygen atoms in total. The second kappa shape index (κ2) is 15.8. The Labute approximate surface area is 324 Å². The summed E-state index contributed by atoms with van der Waals surface area (Å²) in [6.45, 7) is 6.02. The first-order valence-corrected chi connectivity index (χ1v) is 19.3. The first-order valence-electron chi connectivity index (χ1n) is 18.5. The van der Waals surface area contributed by atoms with E-state index in [1.54, 1.807) is 43.3 Å². The summed E-state index contributed by atoms with van der Waals surface area (Å²) in [5.41, 5.74) is 5.66. The number of carbonyl (C=O) groups excluding carboxylic acids is 2. The molecule has 4 N–H and O–H groups in total. The first kappa shape index (κ1) is 38.0. The highest BCUT2D eigenvalue weighted by Gasteiger charge is 2.31. The van der Waals surface area contributed by atoms with Crippen LogP contribution in [0.15, 0.2) is 36.4 Å². The van der Waals surface area contributed by atoms with E-state index in [2.05, 4.69) is 25.4 Å². The molecule has 0 spiro atoms. The van der Waals surface area contributed by atoms with E-state index in [4.69, 9.17) is 28.2 Å². The number of nitrogens with zero attached hydrogens (tertiary/aromatic N) is 6. The lowest BCUT2D eigenvalue weighted by Crippen LogP contribution is -2.36. The number of aliphatic carboxylic acids is 1. The Hall–Kier alpha value is -4.27. The van der Waals surface area contributed by atoms with Gasteiger partial charge < -0.3 is 30.0 Å². The van der Waals surface area contributed by atoms with Gasteiger partial charge in [-0.1, -0.05) is 47.5 Å². The zero-order chi connectivity index (χ0) is 38.3. The number of carboxylic acids is 1. The van der Waals surface area contributed by atoms with Gasteiger partial charge in [-0.3, -0.25) is 24.2 Å². The minimum absolute atomic E-state index is 0.227. The Balaban J connectivity index is 1.03. The van der Waals surface area contributed by atoms with Crippen LogP contribution in [-0.2, 0) is 44.8 Å². The van der Waals surface area contributed by atoms with Crippen molar-refractivity contribution < 1.29 is 24.6 Å². The zero-order valence-corrected chi connectivity index (χ0v) is 32.3. The zero-order valence-electron chi connectivity index (χ0n) is 30.7. The number of aromatic nitrogens is 4. The van der Waals surface area contributed by atoms with Crippen LogP contribution in [0.1, 0.15) is 76.6 Å². The number of β-amino-alcohol motifs (C(OH)–C–C–N with tert-alkyl or cyclic N) is 1. The van der Waals surface area contributed by atoms with Crippen molar-refractivity contribution in [2.75, 3.05) is 36.8 Å². The predicted molar refractivity (Wildman–Crippen MR) is 207 cm³/mol. The fourth-order valence-electron chi connectivity index (χ4n) is 8.24. The Bertz CT molecular complexity index is 2090. The second-order valence-electron chi connectivity index (χ2n) is 14.9. The van der Waals surface area contributed by atoms with Crippen molar-refractivity contribution in [2.45, 2.75) is 64.6 Å². The average molecular weight is 778 g/mol. The first-order chi connectivity index (χ1) is 25.9. The van der Waals surface area contributed by atoms with Crippen LogP contribution in [0.25, 0.3) is 11.1 Å². The van der Waals surface area contributed by atoms with Gasteiger partial charge in [0.25, 0.3) is 11.8 Å². The summed E-state index contributed by atoms with van der Waals surface area (Å²) in [7, 11) is 3.68. The van der Waals surface area contributed by atoms with Crippen LogP contribution >= 0.6 is 23.2 Å². The van der Waals surface area contributed by atoms with Crippen molar-refractivity contribution in [3.8, 4) is 11.1 Å². The molecule has 15 heteroatoms. The second-order valence-corrected chi connectivity index (χ2v) is 15.6. The molecule has 2 aliphatic heterocycles. The SMILES string of the molecule is C[C@@H](O)CN1CCc2c(nc(C(=O)Nc3cccc(-c4cccc(NC(=O)c5nc6c(n5C)CCN(CC5CCC(C(=O)O)CC5)C6)c4Cl)c3Cl)n2C)C1. The monoisotopic (exact) mass is 776 g/mol. The van der Waals surface area contributed by atoms with Gasteiger partial charge >= 0.3 is 5.97 Å². The van der Waals surface area contributed by atoms with E-state index >= 15 is 0 Å². The number of fused-ring (bicyclic) bond motifs is 2. The van der Waals surface area contributed by atoms with Crippen molar-refractivity contribution in [3.05, 3.63) is 80.9 Å². The lowest BCUT2D eigenvalue weighted by Gasteiger charge is -2.33. The number of anilines is 2. The summed E-state index contributed by atoms with van der Waals surface area (Å²) >= 11 is 13.9. The predicted octanol–water partition coefficient (Wildman–Crippen LogP) is 5.62. The van der Waals surface area contributed by atoms with E-state index in [1.807, 2.05) is 23.2 Å². The van der Waals surface area contributed by atoms with E-state index in [1.165, 1.54) is 0 Å². The number of hydrogen-bond acceptors (Lipinski definition) is 8. The smallest absolute Gasteiger partial charge is 0.306 e. The highest BCUT2D eigenvalue weighted by Crippen LogP contribution is 2.40. The van der Waals surface area contributed by atoms with Gasteiger partial charge in [-0.2, -0.15) is 0 Å². The van der Waals surface area contributed by atoms with Crippen LogP contribution in [0.5, 0.6) is 0 Å². The molecule has 2 amide bonds. The molecule has 0 unspecified atom stereocenters. The molecular formula is C39H46Cl2N8O5. The highest BCUT2D eigenvalue weighted by atomic mass is 35.5. The number of carboxylic acid groups (broad SMARTS) is 1. The minimum atomic E-state index is -0.690. The molecule has 0 radical (unpaired) electrons. The van der Waals surface area contributed by atoms with E-state index in [0.717, 1.165) is 80.9 Å². The molecule has 1 fully saturated rings. The molecule has 286 valence electrons. The number of benzene rings is 2. The number of imidazole rings is 2. The quantitative estimate of drug-likeness (QED) is 0.161. The third-order valence-electron chi connectivity index (χ3n) is 11.1. The molecule has 0 bridgehead atoms. The number of rotatable bonds is 10. The van der Waals surface area contributed by atoms with E-state index in [-0.39, 0.29) is 27.7 Å². The summed E-state index contributed by atoms with van der Waals surface area (Å²) < 4.78 is 3.67. The van der Waals surface area contributed by atoms with Gasteiger partial charge in [0.15, 0.2) is 11.6 Å². The Kier molecular flexibility index (Phi) is 11.1. The summed E-state index contributed by atoms with van der Waals surface area (Å²) in [5, 5.41) is 25.6. The molecule has 3 aliphatic rings. The maximum absolute atomic E-state index is 13.7. The molecule has 54 heavy (non-hydrogen) atoms. The molecule has 4 heterocycles. The van der Waals surface area contributed by atoms with Gasteiger partial charge in [0.2, 0.25) is 0 Å². The molecule has 7 rings (SSSR count). The van der Waals surface area contributed by atoms with Crippen molar-refractivity contribution >= 4 is 52.4 Å². The molecular weight excluding hydrogens is 731 g/mol. The fourth-order valence-corrected chi connectivity index (χ4v) is 8.79. The van der Waals surface area contributed by atoms with Crippen LogP contribution in [0, 0.1) is 11.8 Å². The van der Waals surface area contributed by atoms with Crippen LogP contribution < -0.4 is 10.6 Å². The molecule has 0 saturated heterocycles. The van der Waals surface area contributed by atoms with Crippen LogP contribution in [-0.4, -0.2) is 89.2 Å². The summed E-state index contributed by atoms with van der Waals surface area (Å²) in [4.78, 5) is 52.5. The number of halogens is 2. The third-order valence-corrected chi connectivity index (χ3v) is 11.9. The van der Waals surface area contributed by atoms with Crippen molar-refractivity contribution in [1.29, 1.82) is 0 Å². The number of carbonyl (C=O) groups is 3. The lowest BCUT2D eigenvalue weighted by atomic mass is 9.81. The minimum Gasteiger partial charge on any atom is -0.481 e. The van der Waals surface area contributed by atoms with Gasteiger partial charge in [-0.05, 0) is 50.7 Å². The fraction of sp³-hybridized carbons (Fsp3) is 0.462. The normalized spacial score (nSPS) is 19.5. The van der Waals surface area contributed by atoms with Crippen LogP contribution in [0.4, 0.5) is 11.4 Å². The number of aliphatic hydroxyl groups is 1. The van der Waals surface area contributed by atoms with Gasteiger partial charge in [0.05, 0.1) is 44.8 Å². The number of aliphatic hydroxyl groups excluding tert-OH is 1. The third kappa shape index (κ3) is 7.78. The van der Waals surface area contributed by atoms with Crippen LogP contribution in [0.2, 0.25) is 10.0 Å². The van der Waals surface area contributed by atoms with Gasteiger partial charge in [-0.25, -0.2) is 9.97 Å². The number of amides is 2. The average Bonchev–Trinajstić information content (AvgIpc) is 3.65. The lowest BCUT2D eigenvalue weighted by molar-refractivity contribution is -0.143. The van der Waals surface area contributed by atoms with E-state index in [9.17, 15) is 24.6 Å². The highest BCUT2D eigenvalue weighted by molar-refractivity contribution is 6.40. The van der Waals surface area contributed by atoms with E-state index < -0.39 is 18.0 Å². The molecule has 4 aromatic rings. The Morgan fingerprint density at radius 2 is 1.28 bits per heavy atom. The molecule has 2 aromatic carbocycles. The van der Waals surface area contributed by atoms with Gasteiger partial charge in [0.1, 0.15) is 0 Å². The van der Waals surface area contributed by atoms with Crippen LogP contribution in [0.3, 0.4) is 0 Å². The summed E-state index contributed by atoms with van der Waals surface area (Å²) in [6.07, 6.45) is 4.32. The van der Waals surface area contributed by atoms with E-state index in [0.29, 0.717) is 53.9 Å². The van der Waals surface area contributed by atoms with Gasteiger partial charge in [-0.15, -0.1) is 0 Å². The largest absolute Gasteiger partial charge is 0.481 e.